The Bertz CT molecular complexity index is 992. The fourth-order valence-corrected chi connectivity index (χ4v) is 3.43. The van der Waals surface area contributed by atoms with Gasteiger partial charge >= 0.3 is 0 Å². The summed E-state index contributed by atoms with van der Waals surface area (Å²) in [5.41, 5.74) is 3.32. The molecule has 3 aromatic rings. The Balaban J connectivity index is 1.46. The van der Waals surface area contributed by atoms with E-state index in [9.17, 15) is 4.79 Å². The second-order valence-corrected chi connectivity index (χ2v) is 6.77. The number of carbonyl (C=O) groups is 1. The average molecular weight is 381 g/mol. The van der Waals surface area contributed by atoms with E-state index in [0.29, 0.717) is 11.5 Å². The van der Waals surface area contributed by atoms with E-state index in [1.54, 1.807) is 20.3 Å². The van der Waals surface area contributed by atoms with Crippen LogP contribution in [-0.2, 0) is 16.0 Å². The molecule has 1 aliphatic heterocycles. The molecule has 0 unspecified atom stereocenters. The summed E-state index contributed by atoms with van der Waals surface area (Å²) in [5.74, 6) is 1.98. The first-order valence-electron chi connectivity index (χ1n) is 9.28. The largest absolute Gasteiger partial charge is 0.493 e. The molecular formula is C21H23N3O4. The number of aromatic amines is 1. The number of carbonyl (C=O) groups excluding carboxylic acids is 1. The molecule has 2 heterocycles. The van der Waals surface area contributed by atoms with Crippen molar-refractivity contribution in [2.24, 2.45) is 0 Å². The molecule has 4 rings (SSSR count). The number of nitrogens with zero attached hydrogens (tertiary/aromatic N) is 1. The molecule has 1 amide bonds. The van der Waals surface area contributed by atoms with E-state index >= 15 is 0 Å². The van der Waals surface area contributed by atoms with Gasteiger partial charge in [-0.25, -0.2) is 4.98 Å². The van der Waals surface area contributed by atoms with Gasteiger partial charge in [-0.1, -0.05) is 6.07 Å². The van der Waals surface area contributed by atoms with Crippen LogP contribution in [0.15, 0.2) is 36.4 Å². The van der Waals surface area contributed by atoms with E-state index in [2.05, 4.69) is 15.3 Å². The second kappa shape index (κ2) is 7.90. The maximum absolute atomic E-state index is 12.5. The molecule has 7 heteroatoms. The first-order chi connectivity index (χ1) is 13.7. The molecule has 2 aromatic carbocycles. The number of rotatable bonds is 6. The zero-order valence-electron chi connectivity index (χ0n) is 16.0. The van der Waals surface area contributed by atoms with Gasteiger partial charge in [0.25, 0.3) is 0 Å². The number of amides is 1. The molecule has 146 valence electrons. The minimum absolute atomic E-state index is 0.0375. The molecule has 1 atom stereocenters. The van der Waals surface area contributed by atoms with Crippen molar-refractivity contribution in [3.63, 3.8) is 0 Å². The van der Waals surface area contributed by atoms with Gasteiger partial charge in [-0.05, 0) is 48.7 Å². The molecule has 1 aliphatic rings. The van der Waals surface area contributed by atoms with Crippen LogP contribution in [0.25, 0.3) is 11.0 Å². The van der Waals surface area contributed by atoms with Crippen LogP contribution < -0.4 is 14.8 Å². The number of H-pyrrole nitrogens is 1. The standard InChI is InChI=1S/C21H23N3O4/c1-26-17-8-5-13(10-19(17)27-2)11-20(25)22-14-6-7-15-16(12-14)24-21(23-15)18-4-3-9-28-18/h5-8,10,12,18H,3-4,9,11H2,1-2H3,(H,22,25)(H,23,24)/t18-/m1/s1. The predicted molar refractivity (Wildman–Crippen MR) is 106 cm³/mol. The topological polar surface area (TPSA) is 85.5 Å². The number of nitrogens with one attached hydrogen (secondary N) is 2. The van der Waals surface area contributed by atoms with Gasteiger partial charge in [-0.3, -0.25) is 4.79 Å². The van der Waals surface area contributed by atoms with Gasteiger partial charge in [0.2, 0.25) is 5.91 Å². The van der Waals surface area contributed by atoms with Crippen molar-refractivity contribution in [2.75, 3.05) is 26.1 Å². The summed E-state index contributed by atoms with van der Waals surface area (Å²) in [7, 11) is 3.16. The fourth-order valence-electron chi connectivity index (χ4n) is 3.43. The van der Waals surface area contributed by atoms with Gasteiger partial charge in [0, 0.05) is 12.3 Å². The zero-order chi connectivity index (χ0) is 19.5. The van der Waals surface area contributed by atoms with Crippen molar-refractivity contribution in [3.8, 4) is 11.5 Å². The van der Waals surface area contributed by atoms with Crippen LogP contribution in [0.5, 0.6) is 11.5 Å². The smallest absolute Gasteiger partial charge is 0.228 e. The van der Waals surface area contributed by atoms with Gasteiger partial charge in [0.1, 0.15) is 11.9 Å². The van der Waals surface area contributed by atoms with Crippen LogP contribution in [0.4, 0.5) is 5.69 Å². The lowest BCUT2D eigenvalue weighted by molar-refractivity contribution is -0.115. The Labute approximate surface area is 163 Å². The first kappa shape index (κ1) is 18.3. The van der Waals surface area contributed by atoms with Gasteiger partial charge in [0.15, 0.2) is 11.5 Å². The molecule has 1 saturated heterocycles. The molecule has 0 radical (unpaired) electrons. The molecule has 0 bridgehead atoms. The van der Waals surface area contributed by atoms with E-state index in [0.717, 1.165) is 47.6 Å². The van der Waals surface area contributed by atoms with E-state index < -0.39 is 0 Å². The fraction of sp³-hybridized carbons (Fsp3) is 0.333. The molecule has 7 nitrogen and oxygen atoms in total. The van der Waals surface area contributed by atoms with Crippen molar-refractivity contribution in [1.29, 1.82) is 0 Å². The number of imidazole rings is 1. The minimum atomic E-state index is -0.106. The van der Waals surface area contributed by atoms with Crippen molar-refractivity contribution in [3.05, 3.63) is 47.8 Å². The Morgan fingerprint density at radius 1 is 1.21 bits per heavy atom. The Hall–Kier alpha value is -3.06. The summed E-state index contributed by atoms with van der Waals surface area (Å²) in [6, 6.07) is 11.1. The number of fused-ring (bicyclic) bond motifs is 1. The Morgan fingerprint density at radius 2 is 2.07 bits per heavy atom. The van der Waals surface area contributed by atoms with Crippen molar-refractivity contribution < 1.29 is 19.0 Å². The van der Waals surface area contributed by atoms with E-state index in [1.807, 2.05) is 30.3 Å². The molecule has 2 N–H and O–H groups in total. The van der Waals surface area contributed by atoms with Gasteiger partial charge in [0.05, 0.1) is 31.7 Å². The van der Waals surface area contributed by atoms with E-state index in [-0.39, 0.29) is 18.4 Å². The highest BCUT2D eigenvalue weighted by molar-refractivity contribution is 5.94. The lowest BCUT2D eigenvalue weighted by atomic mass is 10.1. The summed E-state index contributed by atoms with van der Waals surface area (Å²) < 4.78 is 16.2. The average Bonchev–Trinajstić information content (AvgIpc) is 3.37. The Morgan fingerprint density at radius 3 is 2.82 bits per heavy atom. The van der Waals surface area contributed by atoms with Gasteiger partial charge in [-0.15, -0.1) is 0 Å². The summed E-state index contributed by atoms with van der Waals surface area (Å²) in [5, 5.41) is 2.94. The van der Waals surface area contributed by atoms with E-state index in [4.69, 9.17) is 14.2 Å². The van der Waals surface area contributed by atoms with Crippen LogP contribution in [-0.4, -0.2) is 36.7 Å². The maximum Gasteiger partial charge on any atom is 0.228 e. The highest BCUT2D eigenvalue weighted by Gasteiger charge is 2.21. The summed E-state index contributed by atoms with van der Waals surface area (Å²) in [6.45, 7) is 0.777. The monoisotopic (exact) mass is 381 g/mol. The van der Waals surface area contributed by atoms with Crippen LogP contribution in [0.3, 0.4) is 0 Å². The number of hydrogen-bond acceptors (Lipinski definition) is 5. The van der Waals surface area contributed by atoms with Crippen LogP contribution in [0.1, 0.15) is 30.3 Å². The number of benzene rings is 2. The SMILES string of the molecule is COc1ccc(CC(=O)Nc2ccc3nc([C@H]4CCCO4)[nH]c3c2)cc1OC. The zero-order valence-corrected chi connectivity index (χ0v) is 16.0. The number of anilines is 1. The predicted octanol–water partition coefficient (Wildman–Crippen LogP) is 3.61. The highest BCUT2D eigenvalue weighted by Crippen LogP contribution is 2.29. The third-order valence-electron chi connectivity index (χ3n) is 4.83. The minimum Gasteiger partial charge on any atom is -0.493 e. The first-order valence-corrected chi connectivity index (χ1v) is 9.28. The van der Waals surface area contributed by atoms with Crippen molar-refractivity contribution in [1.82, 2.24) is 9.97 Å². The van der Waals surface area contributed by atoms with Crippen LogP contribution in [0.2, 0.25) is 0 Å². The normalized spacial score (nSPS) is 16.3. The third kappa shape index (κ3) is 3.80. The molecule has 28 heavy (non-hydrogen) atoms. The molecule has 1 aromatic heterocycles. The Kier molecular flexibility index (Phi) is 5.16. The second-order valence-electron chi connectivity index (χ2n) is 6.77. The molecule has 0 aliphatic carbocycles. The van der Waals surface area contributed by atoms with Crippen LogP contribution >= 0.6 is 0 Å². The molecular weight excluding hydrogens is 358 g/mol. The maximum atomic E-state index is 12.5. The summed E-state index contributed by atoms with van der Waals surface area (Å²) in [6.07, 6.45) is 2.31. The number of aromatic nitrogens is 2. The van der Waals surface area contributed by atoms with E-state index in [1.165, 1.54) is 0 Å². The lowest BCUT2D eigenvalue weighted by Crippen LogP contribution is -2.14. The molecule has 0 saturated carbocycles. The van der Waals surface area contributed by atoms with Gasteiger partial charge < -0.3 is 24.5 Å². The van der Waals surface area contributed by atoms with Crippen molar-refractivity contribution >= 4 is 22.6 Å². The number of ether oxygens (including phenoxy) is 3. The van der Waals surface area contributed by atoms with Gasteiger partial charge in [-0.2, -0.15) is 0 Å². The van der Waals surface area contributed by atoms with Crippen molar-refractivity contribution in [2.45, 2.75) is 25.4 Å². The molecule has 1 fully saturated rings. The number of methoxy groups -OCH3 is 2. The summed E-state index contributed by atoms with van der Waals surface area (Å²) >= 11 is 0. The lowest BCUT2D eigenvalue weighted by Gasteiger charge is -2.10. The number of hydrogen-bond donors (Lipinski definition) is 2. The molecule has 0 spiro atoms. The quantitative estimate of drug-likeness (QED) is 0.681. The summed E-state index contributed by atoms with van der Waals surface area (Å²) in [4.78, 5) is 20.4. The third-order valence-corrected chi connectivity index (χ3v) is 4.83. The highest BCUT2D eigenvalue weighted by atomic mass is 16.5. The van der Waals surface area contributed by atoms with Crippen LogP contribution in [0, 0.1) is 0 Å².